The Morgan fingerprint density at radius 1 is 1.37 bits per heavy atom. The number of benzene rings is 1. The molecule has 0 amide bonds. The molecule has 5 nitrogen and oxygen atoms in total. The lowest BCUT2D eigenvalue weighted by Gasteiger charge is -2.05. The van der Waals surface area contributed by atoms with E-state index in [9.17, 15) is 4.39 Å². The summed E-state index contributed by atoms with van der Waals surface area (Å²) in [4.78, 5) is 4.16. The van der Waals surface area contributed by atoms with Crippen molar-refractivity contribution in [3.05, 3.63) is 47.5 Å². The smallest absolute Gasteiger partial charge is 0.201 e. The maximum Gasteiger partial charge on any atom is 0.201 e. The first-order valence-electron chi connectivity index (χ1n) is 5.83. The summed E-state index contributed by atoms with van der Waals surface area (Å²) in [6.07, 6.45) is 1.61. The zero-order valence-electron chi connectivity index (χ0n) is 10.3. The van der Waals surface area contributed by atoms with E-state index in [0.29, 0.717) is 23.6 Å². The van der Waals surface area contributed by atoms with E-state index in [4.69, 9.17) is 5.73 Å². The van der Waals surface area contributed by atoms with Crippen LogP contribution in [0.15, 0.2) is 30.5 Å². The van der Waals surface area contributed by atoms with Crippen LogP contribution in [0.1, 0.15) is 11.3 Å². The predicted octanol–water partition coefficient (Wildman–Crippen LogP) is 1.90. The summed E-state index contributed by atoms with van der Waals surface area (Å²) < 4.78 is 15.3. The highest BCUT2D eigenvalue weighted by Crippen LogP contribution is 2.22. The summed E-state index contributed by atoms with van der Waals surface area (Å²) in [7, 11) is 0. The van der Waals surface area contributed by atoms with Gasteiger partial charge in [-0.25, -0.2) is 9.37 Å². The number of halogens is 1. The third kappa shape index (κ3) is 2.01. The van der Waals surface area contributed by atoms with E-state index in [1.54, 1.807) is 23.8 Å². The van der Waals surface area contributed by atoms with Crippen molar-refractivity contribution in [3.63, 3.8) is 0 Å². The Balaban J connectivity index is 2.13. The Bertz CT molecular complexity index is 736. The van der Waals surface area contributed by atoms with Gasteiger partial charge in [0, 0.05) is 12.3 Å². The summed E-state index contributed by atoms with van der Waals surface area (Å²) in [6.45, 7) is 2.17. The van der Waals surface area contributed by atoms with Crippen molar-refractivity contribution < 1.29 is 4.39 Å². The van der Waals surface area contributed by atoms with Gasteiger partial charge in [-0.3, -0.25) is 0 Å². The number of nitrogen functional groups attached to an aromatic ring is 1. The minimum absolute atomic E-state index is 0.281. The van der Waals surface area contributed by atoms with Crippen LogP contribution in [0.25, 0.3) is 11.0 Å². The topological polar surface area (TPSA) is 69.6 Å². The number of hydrogen-bond acceptors (Lipinski definition) is 4. The molecule has 3 aromatic rings. The first-order valence-corrected chi connectivity index (χ1v) is 5.83. The SMILES string of the molecule is Cc1cc2c(cc1F)nc(N)n2Cc1cccnn1. The molecule has 1 aromatic carbocycles. The van der Waals surface area contributed by atoms with Gasteiger partial charge in [-0.1, -0.05) is 0 Å². The number of nitrogens with zero attached hydrogens (tertiary/aromatic N) is 4. The molecule has 0 saturated carbocycles. The molecule has 0 aliphatic rings. The van der Waals surface area contributed by atoms with E-state index in [0.717, 1.165) is 11.2 Å². The fourth-order valence-corrected chi connectivity index (χ4v) is 2.01. The maximum absolute atomic E-state index is 13.5. The molecule has 6 heteroatoms. The average molecular weight is 257 g/mol. The lowest BCUT2D eigenvalue weighted by atomic mass is 10.2. The van der Waals surface area contributed by atoms with Gasteiger partial charge in [0.1, 0.15) is 5.82 Å². The van der Waals surface area contributed by atoms with E-state index in [-0.39, 0.29) is 5.82 Å². The fraction of sp³-hybridized carbons (Fsp3) is 0.154. The summed E-state index contributed by atoms with van der Waals surface area (Å²) in [5.41, 5.74) is 8.56. The van der Waals surface area contributed by atoms with Crippen molar-refractivity contribution in [1.29, 1.82) is 0 Å². The highest BCUT2D eigenvalue weighted by atomic mass is 19.1. The standard InChI is InChI=1S/C13H12FN5/c1-8-5-12-11(6-10(8)14)17-13(15)19(12)7-9-3-2-4-16-18-9/h2-6H,7H2,1H3,(H2,15,17). The molecule has 96 valence electrons. The average Bonchev–Trinajstić information content (AvgIpc) is 2.68. The van der Waals surface area contributed by atoms with E-state index in [1.807, 2.05) is 12.1 Å². The minimum atomic E-state index is -0.281. The number of nitrogens with two attached hydrogens (primary N) is 1. The van der Waals surface area contributed by atoms with Crippen LogP contribution >= 0.6 is 0 Å². The molecule has 0 radical (unpaired) electrons. The molecule has 0 fully saturated rings. The van der Waals surface area contributed by atoms with Crippen LogP contribution in [0.2, 0.25) is 0 Å². The van der Waals surface area contributed by atoms with E-state index in [2.05, 4.69) is 15.2 Å². The quantitative estimate of drug-likeness (QED) is 0.761. The zero-order valence-corrected chi connectivity index (χ0v) is 10.3. The summed E-state index contributed by atoms with van der Waals surface area (Å²) in [5.74, 6) is 0.0577. The van der Waals surface area contributed by atoms with Crippen molar-refractivity contribution in [1.82, 2.24) is 19.7 Å². The lowest BCUT2D eigenvalue weighted by Crippen LogP contribution is -2.06. The molecule has 2 aromatic heterocycles. The Labute approximate surface area is 108 Å². The molecule has 0 atom stereocenters. The number of hydrogen-bond donors (Lipinski definition) is 1. The number of fused-ring (bicyclic) bond motifs is 1. The van der Waals surface area contributed by atoms with Gasteiger partial charge in [-0.15, -0.1) is 0 Å². The van der Waals surface area contributed by atoms with E-state index >= 15 is 0 Å². The molecule has 0 bridgehead atoms. The van der Waals surface area contributed by atoms with Gasteiger partial charge in [0.2, 0.25) is 5.95 Å². The van der Waals surface area contributed by atoms with Crippen LogP contribution < -0.4 is 5.73 Å². The molecule has 2 heterocycles. The van der Waals surface area contributed by atoms with Gasteiger partial charge < -0.3 is 10.3 Å². The van der Waals surface area contributed by atoms with Crippen molar-refractivity contribution >= 4 is 17.0 Å². The number of imidazole rings is 1. The second kappa shape index (κ2) is 4.31. The molecule has 19 heavy (non-hydrogen) atoms. The van der Waals surface area contributed by atoms with Crippen molar-refractivity contribution in [2.75, 3.05) is 5.73 Å². The minimum Gasteiger partial charge on any atom is -0.369 e. The van der Waals surface area contributed by atoms with Crippen LogP contribution in [0, 0.1) is 12.7 Å². The monoisotopic (exact) mass is 257 g/mol. The van der Waals surface area contributed by atoms with E-state index in [1.165, 1.54) is 6.07 Å². The van der Waals surface area contributed by atoms with Crippen molar-refractivity contribution in [3.8, 4) is 0 Å². The first-order chi connectivity index (χ1) is 9.15. The molecule has 0 unspecified atom stereocenters. The van der Waals surface area contributed by atoms with Crippen molar-refractivity contribution in [2.24, 2.45) is 0 Å². The normalized spacial score (nSPS) is 11.1. The van der Waals surface area contributed by atoms with Gasteiger partial charge in [0.25, 0.3) is 0 Å². The lowest BCUT2D eigenvalue weighted by molar-refractivity contribution is 0.620. The number of rotatable bonds is 2. The third-order valence-corrected chi connectivity index (χ3v) is 3.01. The summed E-state index contributed by atoms with van der Waals surface area (Å²) >= 11 is 0. The highest BCUT2D eigenvalue weighted by Gasteiger charge is 2.11. The first kappa shape index (κ1) is 11.6. The van der Waals surface area contributed by atoms with Gasteiger partial charge in [-0.2, -0.15) is 10.2 Å². The Hall–Kier alpha value is -2.50. The van der Waals surface area contributed by atoms with Gasteiger partial charge in [0.15, 0.2) is 0 Å². The second-order valence-corrected chi connectivity index (χ2v) is 4.36. The largest absolute Gasteiger partial charge is 0.369 e. The molecular formula is C13H12FN5. The predicted molar refractivity (Wildman–Crippen MR) is 70.0 cm³/mol. The molecule has 0 aliphatic heterocycles. The summed E-state index contributed by atoms with van der Waals surface area (Å²) in [5, 5.41) is 7.84. The Kier molecular flexibility index (Phi) is 2.63. The number of aromatic nitrogens is 4. The highest BCUT2D eigenvalue weighted by molar-refractivity contribution is 5.79. The second-order valence-electron chi connectivity index (χ2n) is 4.36. The molecule has 3 rings (SSSR count). The number of anilines is 1. The molecule has 2 N–H and O–H groups in total. The fourth-order valence-electron chi connectivity index (χ4n) is 2.01. The van der Waals surface area contributed by atoms with Crippen LogP contribution in [0.4, 0.5) is 10.3 Å². The zero-order chi connectivity index (χ0) is 13.4. The molecule has 0 aliphatic carbocycles. The third-order valence-electron chi connectivity index (χ3n) is 3.01. The summed E-state index contributed by atoms with van der Waals surface area (Å²) in [6, 6.07) is 6.80. The van der Waals surface area contributed by atoms with Gasteiger partial charge in [0.05, 0.1) is 23.3 Å². The Morgan fingerprint density at radius 3 is 2.95 bits per heavy atom. The Morgan fingerprint density at radius 2 is 2.21 bits per heavy atom. The van der Waals surface area contributed by atoms with Gasteiger partial charge in [-0.05, 0) is 30.7 Å². The van der Waals surface area contributed by atoms with E-state index < -0.39 is 0 Å². The van der Waals surface area contributed by atoms with Gasteiger partial charge >= 0.3 is 0 Å². The van der Waals surface area contributed by atoms with Crippen LogP contribution in [-0.4, -0.2) is 19.7 Å². The number of aryl methyl sites for hydroxylation is 1. The molecule has 0 spiro atoms. The van der Waals surface area contributed by atoms with Crippen LogP contribution in [-0.2, 0) is 6.54 Å². The van der Waals surface area contributed by atoms with Crippen molar-refractivity contribution in [2.45, 2.75) is 13.5 Å². The van der Waals surface area contributed by atoms with Crippen LogP contribution in [0.3, 0.4) is 0 Å². The molecular weight excluding hydrogens is 245 g/mol. The maximum atomic E-state index is 13.5. The van der Waals surface area contributed by atoms with Crippen LogP contribution in [0.5, 0.6) is 0 Å². The molecule has 0 saturated heterocycles.